The highest BCUT2D eigenvalue weighted by Gasteiger charge is 1.96. The Morgan fingerprint density at radius 2 is 1.81 bits per heavy atom. The molecule has 2 rings (SSSR count). The van der Waals surface area contributed by atoms with E-state index in [1.165, 1.54) is 11.1 Å². The molecule has 1 aromatic carbocycles. The molecule has 1 heterocycles. The van der Waals surface area contributed by atoms with Gasteiger partial charge in [-0.25, -0.2) is 0 Å². The maximum absolute atomic E-state index is 5.54. The molecule has 1 aromatic heterocycles. The first-order valence-electron chi connectivity index (χ1n) is 5.05. The second-order valence-electron chi connectivity index (χ2n) is 3.74. The van der Waals surface area contributed by atoms with Crippen molar-refractivity contribution in [2.24, 2.45) is 5.73 Å². The highest BCUT2D eigenvalue weighted by molar-refractivity contribution is 5.85. The fraction of sp³-hybridized carbons (Fsp3) is 0.250. The maximum atomic E-state index is 5.54. The van der Waals surface area contributed by atoms with Gasteiger partial charge in [0.1, 0.15) is 0 Å². The van der Waals surface area contributed by atoms with E-state index in [4.69, 9.17) is 5.73 Å². The van der Waals surface area contributed by atoms with Crippen LogP contribution in [-0.2, 0) is 13.1 Å². The third kappa shape index (κ3) is 3.08. The fourth-order valence-corrected chi connectivity index (χ4v) is 1.52. The first-order chi connectivity index (χ1) is 7.28. The normalized spacial score (nSPS) is 9.88. The van der Waals surface area contributed by atoms with Crippen molar-refractivity contribution in [1.82, 2.24) is 9.78 Å². The molecule has 4 heteroatoms. The van der Waals surface area contributed by atoms with E-state index in [2.05, 4.69) is 29.4 Å². The van der Waals surface area contributed by atoms with Crippen molar-refractivity contribution in [3.63, 3.8) is 0 Å². The van der Waals surface area contributed by atoms with Gasteiger partial charge in [0.05, 0.1) is 12.7 Å². The minimum absolute atomic E-state index is 0. The third-order valence-corrected chi connectivity index (χ3v) is 2.37. The van der Waals surface area contributed by atoms with Gasteiger partial charge in [0, 0.05) is 12.7 Å². The maximum Gasteiger partial charge on any atom is 0.0659 e. The lowest BCUT2D eigenvalue weighted by Gasteiger charge is -2.02. The van der Waals surface area contributed by atoms with Gasteiger partial charge in [-0.05, 0) is 23.6 Å². The Kier molecular flexibility index (Phi) is 4.52. The quantitative estimate of drug-likeness (QED) is 0.889. The summed E-state index contributed by atoms with van der Waals surface area (Å²) in [5, 5.41) is 4.25. The molecular weight excluding hydrogens is 222 g/mol. The van der Waals surface area contributed by atoms with Gasteiger partial charge >= 0.3 is 0 Å². The minimum atomic E-state index is 0. The number of hydrogen-bond acceptors (Lipinski definition) is 2. The zero-order valence-electron chi connectivity index (χ0n) is 9.26. The Labute approximate surface area is 102 Å². The molecular formula is C12H16ClN3. The zero-order chi connectivity index (χ0) is 10.7. The van der Waals surface area contributed by atoms with Crippen LogP contribution in [0.15, 0.2) is 36.7 Å². The smallest absolute Gasteiger partial charge is 0.0659 e. The second kappa shape index (κ2) is 5.68. The highest BCUT2D eigenvalue weighted by Crippen LogP contribution is 2.06. The summed E-state index contributed by atoms with van der Waals surface area (Å²) in [5.74, 6) is 0. The first kappa shape index (κ1) is 12.7. The number of nitrogens with two attached hydrogens (primary N) is 1. The van der Waals surface area contributed by atoms with Crippen molar-refractivity contribution < 1.29 is 0 Å². The Balaban J connectivity index is 0.00000128. The molecule has 0 saturated heterocycles. The molecule has 0 aliphatic carbocycles. The average Bonchev–Trinajstić information content (AvgIpc) is 2.65. The monoisotopic (exact) mass is 237 g/mol. The van der Waals surface area contributed by atoms with Crippen LogP contribution in [0.1, 0.15) is 16.7 Å². The van der Waals surface area contributed by atoms with Crippen LogP contribution in [-0.4, -0.2) is 9.78 Å². The van der Waals surface area contributed by atoms with Gasteiger partial charge in [0.15, 0.2) is 0 Å². The summed E-state index contributed by atoms with van der Waals surface area (Å²) in [6.07, 6.45) is 3.91. The topological polar surface area (TPSA) is 43.8 Å². The molecule has 86 valence electrons. The van der Waals surface area contributed by atoms with Crippen LogP contribution in [0.2, 0.25) is 0 Å². The van der Waals surface area contributed by atoms with Crippen LogP contribution in [0, 0.1) is 6.92 Å². The van der Waals surface area contributed by atoms with Crippen LogP contribution in [0.3, 0.4) is 0 Å². The van der Waals surface area contributed by atoms with E-state index < -0.39 is 0 Å². The van der Waals surface area contributed by atoms with E-state index in [-0.39, 0.29) is 12.4 Å². The lowest BCUT2D eigenvalue weighted by atomic mass is 10.1. The lowest BCUT2D eigenvalue weighted by Crippen LogP contribution is -2.01. The van der Waals surface area contributed by atoms with E-state index in [1.54, 1.807) is 0 Å². The first-order valence-corrected chi connectivity index (χ1v) is 5.05. The number of hydrogen-bond donors (Lipinski definition) is 1. The molecule has 16 heavy (non-hydrogen) atoms. The molecule has 0 spiro atoms. The molecule has 2 aromatic rings. The Morgan fingerprint density at radius 1 is 1.19 bits per heavy atom. The molecule has 0 unspecified atom stereocenters. The van der Waals surface area contributed by atoms with Crippen LogP contribution in [0.5, 0.6) is 0 Å². The van der Waals surface area contributed by atoms with Gasteiger partial charge in [-0.1, -0.05) is 24.3 Å². The molecule has 2 N–H and O–H groups in total. The molecule has 0 aliphatic rings. The average molecular weight is 238 g/mol. The summed E-state index contributed by atoms with van der Waals surface area (Å²) < 4.78 is 1.94. The van der Waals surface area contributed by atoms with Crippen molar-refractivity contribution in [3.8, 4) is 0 Å². The minimum Gasteiger partial charge on any atom is -0.326 e. The van der Waals surface area contributed by atoms with E-state index in [1.807, 2.05) is 24.0 Å². The van der Waals surface area contributed by atoms with E-state index in [9.17, 15) is 0 Å². The number of aromatic nitrogens is 2. The van der Waals surface area contributed by atoms with Crippen molar-refractivity contribution in [3.05, 3.63) is 53.3 Å². The Morgan fingerprint density at radius 3 is 2.31 bits per heavy atom. The standard InChI is InChI=1S/C12H15N3.ClH/c1-10-7-14-15(8-10)9-12-4-2-11(6-13)3-5-12;/h2-5,7-8H,6,9,13H2,1H3;1H. The molecule has 0 atom stereocenters. The van der Waals surface area contributed by atoms with Gasteiger partial charge in [0.2, 0.25) is 0 Å². The molecule has 0 saturated carbocycles. The van der Waals surface area contributed by atoms with Crippen molar-refractivity contribution >= 4 is 12.4 Å². The summed E-state index contributed by atoms with van der Waals surface area (Å²) in [6.45, 7) is 3.46. The number of benzene rings is 1. The fourth-order valence-electron chi connectivity index (χ4n) is 1.52. The Bertz CT molecular complexity index is 434. The highest BCUT2D eigenvalue weighted by atomic mass is 35.5. The van der Waals surface area contributed by atoms with Crippen molar-refractivity contribution in [1.29, 1.82) is 0 Å². The lowest BCUT2D eigenvalue weighted by molar-refractivity contribution is 0.686. The Hall–Kier alpha value is -1.32. The SMILES string of the molecule is Cc1cnn(Cc2ccc(CN)cc2)c1.Cl. The molecule has 0 amide bonds. The molecule has 0 bridgehead atoms. The van der Waals surface area contributed by atoms with E-state index in [0.29, 0.717) is 6.54 Å². The van der Waals surface area contributed by atoms with Crippen molar-refractivity contribution in [2.45, 2.75) is 20.0 Å². The molecule has 0 aliphatic heterocycles. The third-order valence-electron chi connectivity index (χ3n) is 2.37. The predicted octanol–water partition coefficient (Wildman–Crippen LogP) is 2.12. The van der Waals surface area contributed by atoms with Gasteiger partial charge in [0.25, 0.3) is 0 Å². The van der Waals surface area contributed by atoms with Gasteiger partial charge < -0.3 is 5.73 Å². The van der Waals surface area contributed by atoms with Crippen LogP contribution >= 0.6 is 12.4 Å². The number of nitrogens with zero attached hydrogens (tertiary/aromatic N) is 2. The molecule has 3 nitrogen and oxygen atoms in total. The van der Waals surface area contributed by atoms with E-state index in [0.717, 1.165) is 12.1 Å². The second-order valence-corrected chi connectivity index (χ2v) is 3.74. The molecule has 0 fully saturated rings. The number of halogens is 1. The summed E-state index contributed by atoms with van der Waals surface area (Å²) in [7, 11) is 0. The summed E-state index contributed by atoms with van der Waals surface area (Å²) >= 11 is 0. The van der Waals surface area contributed by atoms with Gasteiger partial charge in [-0.3, -0.25) is 4.68 Å². The number of rotatable bonds is 3. The zero-order valence-corrected chi connectivity index (χ0v) is 10.1. The van der Waals surface area contributed by atoms with Crippen LogP contribution in [0.4, 0.5) is 0 Å². The van der Waals surface area contributed by atoms with Crippen molar-refractivity contribution in [2.75, 3.05) is 0 Å². The van der Waals surface area contributed by atoms with E-state index >= 15 is 0 Å². The van der Waals surface area contributed by atoms with Crippen LogP contribution < -0.4 is 5.73 Å². The number of aryl methyl sites for hydroxylation is 1. The molecule has 0 radical (unpaired) electrons. The van der Waals surface area contributed by atoms with Crippen LogP contribution in [0.25, 0.3) is 0 Å². The van der Waals surface area contributed by atoms with Gasteiger partial charge in [-0.2, -0.15) is 5.10 Å². The summed E-state index contributed by atoms with van der Waals surface area (Å²) in [6, 6.07) is 8.32. The van der Waals surface area contributed by atoms with Gasteiger partial charge in [-0.15, -0.1) is 12.4 Å². The largest absolute Gasteiger partial charge is 0.326 e. The summed E-state index contributed by atoms with van der Waals surface area (Å²) in [5.41, 5.74) is 9.13. The predicted molar refractivity (Wildman–Crippen MR) is 67.6 cm³/mol. The summed E-state index contributed by atoms with van der Waals surface area (Å²) in [4.78, 5) is 0.